The van der Waals surface area contributed by atoms with E-state index in [-0.39, 0.29) is 5.91 Å². The summed E-state index contributed by atoms with van der Waals surface area (Å²) < 4.78 is 5.77. The Morgan fingerprint density at radius 1 is 1.38 bits per heavy atom. The first-order valence-corrected chi connectivity index (χ1v) is 5.44. The molecule has 0 atom stereocenters. The van der Waals surface area contributed by atoms with Gasteiger partial charge in [-0.3, -0.25) is 4.79 Å². The molecule has 1 aromatic carbocycles. The summed E-state index contributed by atoms with van der Waals surface area (Å²) >= 11 is 0. The molecular weight excluding hydrogens is 202 g/mol. The summed E-state index contributed by atoms with van der Waals surface area (Å²) in [5.41, 5.74) is 1.45. The van der Waals surface area contributed by atoms with E-state index in [0.29, 0.717) is 6.61 Å². The minimum absolute atomic E-state index is 0.0943. The average molecular weight is 219 g/mol. The fourth-order valence-electron chi connectivity index (χ4n) is 1.97. The van der Waals surface area contributed by atoms with E-state index >= 15 is 0 Å². The Morgan fingerprint density at radius 2 is 2.06 bits per heavy atom. The average Bonchev–Trinajstić information content (AvgIpc) is 2.32. The van der Waals surface area contributed by atoms with Gasteiger partial charge in [-0.1, -0.05) is 12.1 Å². The first kappa shape index (κ1) is 11.0. The third-order valence-corrected chi connectivity index (χ3v) is 3.01. The lowest BCUT2D eigenvalue weighted by Crippen LogP contribution is -2.39. The highest BCUT2D eigenvalue weighted by molar-refractivity contribution is 5.98. The van der Waals surface area contributed by atoms with Gasteiger partial charge in [-0.25, -0.2) is 0 Å². The van der Waals surface area contributed by atoms with Gasteiger partial charge >= 0.3 is 0 Å². The van der Waals surface area contributed by atoms with Crippen molar-refractivity contribution >= 4 is 11.6 Å². The number of para-hydroxylation sites is 1. The van der Waals surface area contributed by atoms with E-state index in [1.54, 1.807) is 11.9 Å². The summed E-state index contributed by atoms with van der Waals surface area (Å²) in [4.78, 5) is 13.9. The molecule has 1 heterocycles. The predicted octanol–water partition coefficient (Wildman–Crippen LogP) is 2.38. The molecule has 0 bridgehead atoms. The maximum absolute atomic E-state index is 12.2. The number of hydrogen-bond acceptors (Lipinski definition) is 2. The van der Waals surface area contributed by atoms with Crippen molar-refractivity contribution in [3.05, 3.63) is 23.8 Å². The lowest BCUT2D eigenvalue weighted by molar-refractivity contribution is -0.127. The summed E-state index contributed by atoms with van der Waals surface area (Å²) in [6, 6.07) is 5.86. The van der Waals surface area contributed by atoms with Crippen LogP contribution in [0.25, 0.3) is 0 Å². The second kappa shape index (κ2) is 3.51. The second-order valence-corrected chi connectivity index (χ2v) is 4.96. The molecule has 1 amide bonds. The molecule has 0 fully saturated rings. The summed E-state index contributed by atoms with van der Waals surface area (Å²) in [6.45, 7) is 6.24. The largest absolute Gasteiger partial charge is 0.490 e. The SMILES string of the molecule is Cc1cccc2c1OCC(C)(C)C(=O)N2C. The van der Waals surface area contributed by atoms with Crippen LogP contribution in [0.2, 0.25) is 0 Å². The molecule has 1 aliphatic rings. The number of nitrogens with zero attached hydrogens (tertiary/aromatic N) is 1. The maximum Gasteiger partial charge on any atom is 0.235 e. The number of fused-ring (bicyclic) bond motifs is 1. The zero-order chi connectivity index (χ0) is 11.9. The van der Waals surface area contributed by atoms with Gasteiger partial charge in [0, 0.05) is 7.05 Å². The standard InChI is InChI=1S/C13H17NO2/c1-9-6-5-7-10-11(9)16-8-13(2,3)12(15)14(10)4/h5-7H,8H2,1-4H3. The lowest BCUT2D eigenvalue weighted by Gasteiger charge is -2.24. The molecule has 0 spiro atoms. The molecule has 0 saturated heterocycles. The fourth-order valence-corrected chi connectivity index (χ4v) is 1.97. The highest BCUT2D eigenvalue weighted by atomic mass is 16.5. The van der Waals surface area contributed by atoms with E-state index in [0.717, 1.165) is 17.0 Å². The van der Waals surface area contributed by atoms with Crippen molar-refractivity contribution in [1.29, 1.82) is 0 Å². The molecule has 0 aliphatic carbocycles. The number of hydrogen-bond donors (Lipinski definition) is 0. The number of amides is 1. The Morgan fingerprint density at radius 3 is 2.75 bits per heavy atom. The van der Waals surface area contributed by atoms with Gasteiger partial charge in [0.1, 0.15) is 12.4 Å². The minimum Gasteiger partial charge on any atom is -0.490 e. The normalized spacial score (nSPS) is 18.8. The number of carbonyl (C=O) groups is 1. The lowest BCUT2D eigenvalue weighted by atomic mass is 9.93. The maximum atomic E-state index is 12.2. The number of benzene rings is 1. The molecule has 0 radical (unpaired) electrons. The quantitative estimate of drug-likeness (QED) is 0.670. The first-order valence-electron chi connectivity index (χ1n) is 5.44. The van der Waals surface area contributed by atoms with Gasteiger partial charge in [-0.05, 0) is 32.4 Å². The Hall–Kier alpha value is -1.51. The molecule has 3 nitrogen and oxygen atoms in total. The van der Waals surface area contributed by atoms with Gasteiger partial charge in [-0.2, -0.15) is 0 Å². The monoisotopic (exact) mass is 219 g/mol. The van der Waals surface area contributed by atoms with Crippen molar-refractivity contribution < 1.29 is 9.53 Å². The minimum atomic E-state index is -0.472. The highest BCUT2D eigenvalue weighted by Gasteiger charge is 2.36. The third kappa shape index (κ3) is 1.56. The van der Waals surface area contributed by atoms with E-state index < -0.39 is 5.41 Å². The number of carbonyl (C=O) groups excluding carboxylic acids is 1. The van der Waals surface area contributed by atoms with Crippen molar-refractivity contribution in [2.45, 2.75) is 20.8 Å². The third-order valence-electron chi connectivity index (χ3n) is 3.01. The zero-order valence-electron chi connectivity index (χ0n) is 10.2. The van der Waals surface area contributed by atoms with Crippen molar-refractivity contribution in [2.75, 3.05) is 18.6 Å². The van der Waals surface area contributed by atoms with Crippen LogP contribution in [0.5, 0.6) is 5.75 Å². The molecule has 0 N–H and O–H groups in total. The molecule has 0 aromatic heterocycles. The Kier molecular flexibility index (Phi) is 2.41. The van der Waals surface area contributed by atoms with Crippen LogP contribution in [0, 0.1) is 12.3 Å². The Labute approximate surface area is 96.0 Å². The number of ether oxygens (including phenoxy) is 1. The van der Waals surface area contributed by atoms with Gasteiger partial charge in [0.25, 0.3) is 0 Å². The molecule has 16 heavy (non-hydrogen) atoms. The van der Waals surface area contributed by atoms with Crippen molar-refractivity contribution in [3.63, 3.8) is 0 Å². The summed E-state index contributed by atoms with van der Waals surface area (Å²) in [7, 11) is 1.80. The molecule has 86 valence electrons. The van der Waals surface area contributed by atoms with E-state index in [1.807, 2.05) is 39.0 Å². The van der Waals surface area contributed by atoms with E-state index in [4.69, 9.17) is 4.74 Å². The summed E-state index contributed by atoms with van der Waals surface area (Å²) in [5, 5.41) is 0. The molecule has 0 unspecified atom stereocenters. The van der Waals surface area contributed by atoms with E-state index in [2.05, 4.69) is 0 Å². The van der Waals surface area contributed by atoms with Crippen LogP contribution in [0.3, 0.4) is 0 Å². The first-order chi connectivity index (χ1) is 7.43. The van der Waals surface area contributed by atoms with Gasteiger partial charge in [0.2, 0.25) is 5.91 Å². The fraction of sp³-hybridized carbons (Fsp3) is 0.462. The molecule has 0 saturated carbocycles. The molecule has 1 aromatic rings. The van der Waals surface area contributed by atoms with Crippen molar-refractivity contribution in [2.24, 2.45) is 5.41 Å². The van der Waals surface area contributed by atoms with Gasteiger partial charge in [0.05, 0.1) is 11.1 Å². The molecule has 1 aliphatic heterocycles. The topological polar surface area (TPSA) is 29.5 Å². The zero-order valence-corrected chi connectivity index (χ0v) is 10.2. The smallest absolute Gasteiger partial charge is 0.235 e. The van der Waals surface area contributed by atoms with E-state index in [1.165, 1.54) is 0 Å². The van der Waals surface area contributed by atoms with Gasteiger partial charge < -0.3 is 9.64 Å². The molecular formula is C13H17NO2. The van der Waals surface area contributed by atoms with Gasteiger partial charge in [0.15, 0.2) is 0 Å². The Bertz CT molecular complexity index is 438. The number of rotatable bonds is 0. The number of aryl methyl sites for hydroxylation is 1. The predicted molar refractivity (Wildman–Crippen MR) is 63.9 cm³/mol. The molecule has 3 heteroatoms. The van der Waals surface area contributed by atoms with Crippen LogP contribution in [-0.2, 0) is 4.79 Å². The van der Waals surface area contributed by atoms with Crippen LogP contribution in [0.15, 0.2) is 18.2 Å². The number of anilines is 1. The van der Waals surface area contributed by atoms with Crippen molar-refractivity contribution in [3.8, 4) is 5.75 Å². The van der Waals surface area contributed by atoms with Gasteiger partial charge in [-0.15, -0.1) is 0 Å². The van der Waals surface area contributed by atoms with E-state index in [9.17, 15) is 4.79 Å². The van der Waals surface area contributed by atoms with Crippen molar-refractivity contribution in [1.82, 2.24) is 0 Å². The van der Waals surface area contributed by atoms with Crippen LogP contribution < -0.4 is 9.64 Å². The summed E-state index contributed by atoms with van der Waals surface area (Å²) in [5.74, 6) is 0.917. The molecule has 2 rings (SSSR count). The van der Waals surface area contributed by atoms with Crippen LogP contribution in [0.1, 0.15) is 19.4 Å². The van der Waals surface area contributed by atoms with Crippen LogP contribution in [-0.4, -0.2) is 19.6 Å². The second-order valence-electron chi connectivity index (χ2n) is 4.96. The Balaban J connectivity index is 2.55. The summed E-state index contributed by atoms with van der Waals surface area (Å²) in [6.07, 6.45) is 0. The highest BCUT2D eigenvalue weighted by Crippen LogP contribution is 2.37. The van der Waals surface area contributed by atoms with Crippen LogP contribution in [0.4, 0.5) is 5.69 Å². The van der Waals surface area contributed by atoms with Crippen LogP contribution >= 0.6 is 0 Å².